The van der Waals surface area contributed by atoms with E-state index < -0.39 is 0 Å². The summed E-state index contributed by atoms with van der Waals surface area (Å²) < 4.78 is 23.4. The fourth-order valence-corrected chi connectivity index (χ4v) is 4.17. The molecule has 0 atom stereocenters. The summed E-state index contributed by atoms with van der Waals surface area (Å²) >= 11 is 0. The Labute approximate surface area is 167 Å². The molecule has 0 N–H and O–H groups in total. The lowest BCUT2D eigenvalue weighted by Gasteiger charge is -2.39. The fraction of sp³-hybridized carbons (Fsp3) is 0.417. The van der Waals surface area contributed by atoms with Gasteiger partial charge in [-0.25, -0.2) is 0 Å². The lowest BCUT2D eigenvalue weighted by molar-refractivity contribution is 0.102. The molecule has 0 amide bonds. The average Bonchev–Trinajstić information content (AvgIpc) is 2.64. The van der Waals surface area contributed by atoms with Crippen molar-refractivity contribution < 1.29 is 18.9 Å². The highest BCUT2D eigenvalue weighted by Crippen LogP contribution is 2.50. The van der Waals surface area contributed by atoms with E-state index in [0.717, 1.165) is 47.0 Å². The smallest absolute Gasteiger partial charge is 0.131 e. The Bertz CT molecular complexity index is 876. The largest absolute Gasteiger partial charge is 0.497 e. The normalized spacial score (nSPS) is 21.6. The minimum Gasteiger partial charge on any atom is -0.497 e. The summed E-state index contributed by atoms with van der Waals surface area (Å²) in [5.41, 5.74) is 4.31. The lowest BCUT2D eigenvalue weighted by Crippen LogP contribution is -2.35. The average molecular weight is 380 g/mol. The molecule has 2 heterocycles. The quantitative estimate of drug-likeness (QED) is 0.666. The van der Waals surface area contributed by atoms with Crippen LogP contribution in [0.5, 0.6) is 23.0 Å². The first-order chi connectivity index (χ1) is 13.2. The van der Waals surface area contributed by atoms with Gasteiger partial charge in [-0.2, -0.15) is 0 Å². The van der Waals surface area contributed by atoms with Crippen molar-refractivity contribution in [3.63, 3.8) is 0 Å². The predicted octanol–water partition coefficient (Wildman–Crippen LogP) is 5.74. The summed E-state index contributed by atoms with van der Waals surface area (Å²) in [5.74, 6) is 3.35. The van der Waals surface area contributed by atoms with Crippen molar-refractivity contribution in [2.24, 2.45) is 0 Å². The molecule has 0 spiro atoms. The van der Waals surface area contributed by atoms with Gasteiger partial charge in [-0.3, -0.25) is 0 Å². The Morgan fingerprint density at radius 1 is 0.679 bits per heavy atom. The fourth-order valence-electron chi connectivity index (χ4n) is 4.17. The molecule has 0 saturated carbocycles. The number of ether oxygens (including phenoxy) is 4. The Hall–Kier alpha value is -2.62. The molecule has 0 radical (unpaired) electrons. The van der Waals surface area contributed by atoms with Crippen LogP contribution in [0.3, 0.4) is 0 Å². The summed E-state index contributed by atoms with van der Waals surface area (Å²) in [4.78, 5) is 0. The van der Waals surface area contributed by atoms with Crippen LogP contribution in [0.1, 0.15) is 51.7 Å². The minimum atomic E-state index is -0.295. The zero-order chi connectivity index (χ0) is 20.1. The minimum absolute atomic E-state index is 0.295. The van der Waals surface area contributed by atoms with Crippen LogP contribution in [0.25, 0.3) is 11.1 Å². The van der Waals surface area contributed by atoms with Crippen molar-refractivity contribution in [2.75, 3.05) is 14.2 Å². The second kappa shape index (κ2) is 6.47. The maximum atomic E-state index is 6.29. The van der Waals surface area contributed by atoms with E-state index in [4.69, 9.17) is 18.9 Å². The first-order valence-corrected chi connectivity index (χ1v) is 9.68. The van der Waals surface area contributed by atoms with Crippen LogP contribution < -0.4 is 18.9 Å². The number of benzene rings is 2. The lowest BCUT2D eigenvalue weighted by atomic mass is 9.79. The van der Waals surface area contributed by atoms with Gasteiger partial charge >= 0.3 is 0 Å². The molecule has 0 aromatic heterocycles. The Balaban J connectivity index is 1.96. The Morgan fingerprint density at radius 3 is 1.43 bits per heavy atom. The van der Waals surface area contributed by atoms with Crippen LogP contribution in [-0.4, -0.2) is 25.4 Å². The maximum Gasteiger partial charge on any atom is 0.131 e. The molecule has 2 aliphatic rings. The second-order valence-electron chi connectivity index (χ2n) is 8.76. The SMILES string of the molecule is COc1ccc2c(c1)OC(C)(C)C/C2=C1/CC(C)(C)Oc2cc(OC)ccc21. The molecular weight excluding hydrogens is 352 g/mol. The van der Waals surface area contributed by atoms with E-state index in [1.54, 1.807) is 14.2 Å². The van der Waals surface area contributed by atoms with Gasteiger partial charge in [0.1, 0.15) is 34.2 Å². The van der Waals surface area contributed by atoms with Gasteiger partial charge < -0.3 is 18.9 Å². The Morgan fingerprint density at radius 2 is 1.07 bits per heavy atom. The highest BCUT2D eigenvalue weighted by molar-refractivity contribution is 5.96. The van der Waals surface area contributed by atoms with Gasteiger partial charge in [-0.1, -0.05) is 0 Å². The van der Waals surface area contributed by atoms with Gasteiger partial charge in [-0.15, -0.1) is 0 Å². The number of fused-ring (bicyclic) bond motifs is 2. The third kappa shape index (κ3) is 3.32. The van der Waals surface area contributed by atoms with Crippen molar-refractivity contribution in [1.82, 2.24) is 0 Å². The summed E-state index contributed by atoms with van der Waals surface area (Å²) in [6.07, 6.45) is 1.67. The highest BCUT2D eigenvalue weighted by Gasteiger charge is 2.37. The van der Waals surface area contributed by atoms with Gasteiger partial charge in [0.05, 0.1) is 14.2 Å². The van der Waals surface area contributed by atoms with Gasteiger partial charge in [-0.05, 0) is 63.1 Å². The zero-order valence-corrected chi connectivity index (χ0v) is 17.5. The van der Waals surface area contributed by atoms with Crippen LogP contribution in [0.2, 0.25) is 0 Å². The molecule has 2 aliphatic heterocycles. The highest BCUT2D eigenvalue weighted by atomic mass is 16.5. The van der Waals surface area contributed by atoms with Crippen LogP contribution in [0.4, 0.5) is 0 Å². The van der Waals surface area contributed by atoms with E-state index in [0.29, 0.717) is 0 Å². The molecule has 0 fully saturated rings. The molecule has 2 aromatic rings. The summed E-state index contributed by atoms with van der Waals surface area (Å²) in [7, 11) is 3.36. The topological polar surface area (TPSA) is 36.9 Å². The summed E-state index contributed by atoms with van der Waals surface area (Å²) in [6, 6.07) is 12.2. The van der Waals surface area contributed by atoms with E-state index in [1.165, 1.54) is 11.1 Å². The van der Waals surface area contributed by atoms with E-state index in [-0.39, 0.29) is 11.2 Å². The van der Waals surface area contributed by atoms with Crippen LogP contribution in [0, 0.1) is 0 Å². The number of rotatable bonds is 2. The van der Waals surface area contributed by atoms with Crippen molar-refractivity contribution in [3.05, 3.63) is 47.5 Å². The molecule has 4 heteroatoms. The van der Waals surface area contributed by atoms with Gasteiger partial charge in [0.25, 0.3) is 0 Å². The van der Waals surface area contributed by atoms with Crippen LogP contribution in [-0.2, 0) is 0 Å². The van der Waals surface area contributed by atoms with E-state index in [2.05, 4.69) is 39.8 Å². The molecule has 0 bridgehead atoms. The molecule has 28 heavy (non-hydrogen) atoms. The van der Waals surface area contributed by atoms with Crippen molar-refractivity contribution in [1.29, 1.82) is 0 Å². The van der Waals surface area contributed by atoms with Crippen molar-refractivity contribution in [3.8, 4) is 23.0 Å². The zero-order valence-electron chi connectivity index (χ0n) is 17.5. The maximum absolute atomic E-state index is 6.29. The second-order valence-corrected chi connectivity index (χ2v) is 8.76. The number of hydrogen-bond acceptors (Lipinski definition) is 4. The molecule has 148 valence electrons. The third-order valence-corrected chi connectivity index (χ3v) is 5.37. The van der Waals surface area contributed by atoms with E-state index in [9.17, 15) is 0 Å². The van der Waals surface area contributed by atoms with Gasteiger partial charge in [0, 0.05) is 36.1 Å². The predicted molar refractivity (Wildman–Crippen MR) is 111 cm³/mol. The first-order valence-electron chi connectivity index (χ1n) is 9.68. The Kier molecular flexibility index (Phi) is 4.33. The van der Waals surface area contributed by atoms with E-state index >= 15 is 0 Å². The number of hydrogen-bond donors (Lipinski definition) is 0. The summed E-state index contributed by atoms with van der Waals surface area (Å²) in [6.45, 7) is 8.54. The third-order valence-electron chi connectivity index (χ3n) is 5.37. The first kappa shape index (κ1) is 18.7. The van der Waals surface area contributed by atoms with Crippen molar-refractivity contribution in [2.45, 2.75) is 51.7 Å². The monoisotopic (exact) mass is 380 g/mol. The molecule has 0 unspecified atom stereocenters. The van der Waals surface area contributed by atoms with Crippen LogP contribution in [0.15, 0.2) is 36.4 Å². The molecule has 4 nitrogen and oxygen atoms in total. The van der Waals surface area contributed by atoms with Crippen LogP contribution >= 0.6 is 0 Å². The van der Waals surface area contributed by atoms with E-state index in [1.807, 2.05) is 24.3 Å². The number of methoxy groups -OCH3 is 2. The van der Waals surface area contributed by atoms with Crippen molar-refractivity contribution >= 4 is 11.1 Å². The summed E-state index contributed by atoms with van der Waals surface area (Å²) in [5, 5.41) is 0. The molecule has 4 rings (SSSR count). The molecule has 2 aromatic carbocycles. The molecular formula is C24H28O4. The molecule has 0 aliphatic carbocycles. The molecule has 0 saturated heterocycles. The van der Waals surface area contributed by atoms with Gasteiger partial charge in [0.2, 0.25) is 0 Å². The standard InChI is InChI=1S/C24H28O4/c1-23(2)13-19(17-9-7-15(25-5)11-21(17)27-23)20-14-24(3,4)28-22-12-16(26-6)8-10-18(20)22/h7-12H,13-14H2,1-6H3/b20-19+. The van der Waals surface area contributed by atoms with Gasteiger partial charge in [0.15, 0.2) is 0 Å².